The SMILES string of the molecule is COCCCOC(c1ccccc1C1CC1)C1CCCNC1. The lowest BCUT2D eigenvalue weighted by Gasteiger charge is -2.32. The van der Waals surface area contributed by atoms with Crippen molar-refractivity contribution in [2.75, 3.05) is 33.4 Å². The van der Waals surface area contributed by atoms with Gasteiger partial charge in [0, 0.05) is 32.8 Å². The fourth-order valence-electron chi connectivity index (χ4n) is 3.57. The van der Waals surface area contributed by atoms with Crippen LogP contribution in [0.15, 0.2) is 24.3 Å². The molecule has 0 radical (unpaired) electrons. The summed E-state index contributed by atoms with van der Waals surface area (Å²) in [7, 11) is 1.75. The van der Waals surface area contributed by atoms with Crippen molar-refractivity contribution >= 4 is 0 Å². The van der Waals surface area contributed by atoms with Gasteiger partial charge in [0.1, 0.15) is 0 Å². The highest BCUT2D eigenvalue weighted by atomic mass is 16.5. The summed E-state index contributed by atoms with van der Waals surface area (Å²) in [5, 5.41) is 3.55. The van der Waals surface area contributed by atoms with Crippen molar-refractivity contribution in [2.24, 2.45) is 5.92 Å². The highest BCUT2D eigenvalue weighted by molar-refractivity contribution is 5.35. The summed E-state index contributed by atoms with van der Waals surface area (Å²) >= 11 is 0. The third-order valence-corrected chi connectivity index (χ3v) is 4.87. The van der Waals surface area contributed by atoms with E-state index in [0.717, 1.165) is 38.6 Å². The molecule has 3 nitrogen and oxygen atoms in total. The van der Waals surface area contributed by atoms with E-state index in [1.165, 1.54) is 36.8 Å². The van der Waals surface area contributed by atoms with Crippen LogP contribution in [0.1, 0.15) is 55.3 Å². The topological polar surface area (TPSA) is 30.5 Å². The van der Waals surface area contributed by atoms with Gasteiger partial charge >= 0.3 is 0 Å². The van der Waals surface area contributed by atoms with Crippen molar-refractivity contribution in [3.63, 3.8) is 0 Å². The van der Waals surface area contributed by atoms with Crippen LogP contribution in [0.25, 0.3) is 0 Å². The maximum absolute atomic E-state index is 6.37. The number of hydrogen-bond acceptors (Lipinski definition) is 3. The van der Waals surface area contributed by atoms with E-state index in [2.05, 4.69) is 29.6 Å². The average molecular weight is 303 g/mol. The molecule has 2 fully saturated rings. The standard InChI is InChI=1S/C19H29NO2/c1-21-12-5-13-22-19(16-6-4-11-20-14-16)18-8-3-2-7-17(18)15-9-10-15/h2-3,7-8,15-16,19-20H,4-6,9-14H2,1H3. The summed E-state index contributed by atoms with van der Waals surface area (Å²) in [6.07, 6.45) is 6.42. The molecule has 2 atom stereocenters. The van der Waals surface area contributed by atoms with Crippen molar-refractivity contribution < 1.29 is 9.47 Å². The third-order valence-electron chi connectivity index (χ3n) is 4.87. The first-order chi connectivity index (χ1) is 10.9. The molecule has 3 rings (SSSR count). The van der Waals surface area contributed by atoms with Crippen LogP contribution in [0.5, 0.6) is 0 Å². The van der Waals surface area contributed by atoms with Gasteiger partial charge in [-0.1, -0.05) is 24.3 Å². The molecule has 2 aliphatic rings. The molecule has 0 amide bonds. The van der Waals surface area contributed by atoms with Gasteiger partial charge in [0.2, 0.25) is 0 Å². The Balaban J connectivity index is 1.74. The molecule has 1 saturated heterocycles. The molecule has 0 bridgehead atoms. The molecule has 0 aromatic heterocycles. The molecule has 122 valence electrons. The molecule has 1 saturated carbocycles. The molecule has 2 unspecified atom stereocenters. The van der Waals surface area contributed by atoms with Gasteiger partial charge in [-0.2, -0.15) is 0 Å². The minimum absolute atomic E-state index is 0.237. The van der Waals surface area contributed by atoms with Crippen molar-refractivity contribution in [2.45, 2.75) is 44.1 Å². The van der Waals surface area contributed by atoms with Crippen LogP contribution in [0, 0.1) is 5.92 Å². The molecule has 1 heterocycles. The van der Waals surface area contributed by atoms with Gasteiger partial charge in [-0.05, 0) is 55.7 Å². The Morgan fingerprint density at radius 1 is 1.18 bits per heavy atom. The highest BCUT2D eigenvalue weighted by Gasteiger charge is 2.32. The summed E-state index contributed by atoms with van der Waals surface area (Å²) in [6.45, 7) is 3.79. The van der Waals surface area contributed by atoms with E-state index in [9.17, 15) is 0 Å². The van der Waals surface area contributed by atoms with E-state index in [-0.39, 0.29) is 6.10 Å². The van der Waals surface area contributed by atoms with E-state index >= 15 is 0 Å². The highest BCUT2D eigenvalue weighted by Crippen LogP contribution is 2.45. The first-order valence-electron chi connectivity index (χ1n) is 8.80. The number of rotatable bonds is 8. The molecule has 1 aromatic rings. The molecular weight excluding hydrogens is 274 g/mol. The van der Waals surface area contributed by atoms with Crippen LogP contribution in [0.3, 0.4) is 0 Å². The Hall–Kier alpha value is -0.900. The van der Waals surface area contributed by atoms with Gasteiger partial charge in [-0.25, -0.2) is 0 Å². The quantitative estimate of drug-likeness (QED) is 0.744. The van der Waals surface area contributed by atoms with Crippen molar-refractivity contribution in [3.05, 3.63) is 35.4 Å². The maximum Gasteiger partial charge on any atom is 0.0867 e. The summed E-state index contributed by atoms with van der Waals surface area (Å²) in [4.78, 5) is 0. The molecular formula is C19H29NO2. The number of nitrogens with one attached hydrogen (secondary N) is 1. The first-order valence-corrected chi connectivity index (χ1v) is 8.80. The monoisotopic (exact) mass is 303 g/mol. The predicted molar refractivity (Wildman–Crippen MR) is 89.2 cm³/mol. The zero-order valence-electron chi connectivity index (χ0n) is 13.7. The van der Waals surface area contributed by atoms with E-state index in [1.54, 1.807) is 7.11 Å². The molecule has 1 aliphatic carbocycles. The van der Waals surface area contributed by atoms with E-state index in [1.807, 2.05) is 0 Å². The number of piperidine rings is 1. The second-order valence-electron chi connectivity index (χ2n) is 6.65. The smallest absolute Gasteiger partial charge is 0.0867 e. The van der Waals surface area contributed by atoms with Gasteiger partial charge in [-0.15, -0.1) is 0 Å². The van der Waals surface area contributed by atoms with Crippen LogP contribution < -0.4 is 5.32 Å². The second-order valence-corrected chi connectivity index (χ2v) is 6.65. The maximum atomic E-state index is 6.37. The second kappa shape index (κ2) is 8.09. The Morgan fingerprint density at radius 2 is 2.05 bits per heavy atom. The van der Waals surface area contributed by atoms with Crippen LogP contribution >= 0.6 is 0 Å². The fourth-order valence-corrected chi connectivity index (χ4v) is 3.57. The molecule has 1 N–H and O–H groups in total. The van der Waals surface area contributed by atoms with E-state index in [4.69, 9.17) is 9.47 Å². The summed E-state index contributed by atoms with van der Waals surface area (Å²) in [6, 6.07) is 8.96. The van der Waals surface area contributed by atoms with Crippen molar-refractivity contribution in [1.82, 2.24) is 5.32 Å². The first kappa shape index (κ1) is 16.0. The number of methoxy groups -OCH3 is 1. The summed E-state index contributed by atoms with van der Waals surface area (Å²) < 4.78 is 11.5. The van der Waals surface area contributed by atoms with Gasteiger partial charge < -0.3 is 14.8 Å². The normalized spacial score (nSPS) is 23.4. The molecule has 1 aliphatic heterocycles. The van der Waals surface area contributed by atoms with Crippen LogP contribution in [0.2, 0.25) is 0 Å². The Bertz CT molecular complexity index is 453. The van der Waals surface area contributed by atoms with Crippen LogP contribution in [-0.2, 0) is 9.47 Å². The number of hydrogen-bond donors (Lipinski definition) is 1. The van der Waals surface area contributed by atoms with Gasteiger partial charge in [0.25, 0.3) is 0 Å². The van der Waals surface area contributed by atoms with Crippen molar-refractivity contribution in [1.29, 1.82) is 0 Å². The van der Waals surface area contributed by atoms with E-state index < -0.39 is 0 Å². The van der Waals surface area contributed by atoms with Crippen molar-refractivity contribution in [3.8, 4) is 0 Å². The Morgan fingerprint density at radius 3 is 2.77 bits per heavy atom. The number of benzene rings is 1. The minimum atomic E-state index is 0.237. The average Bonchev–Trinajstić information content (AvgIpc) is 3.41. The predicted octanol–water partition coefficient (Wildman–Crippen LogP) is 3.66. The van der Waals surface area contributed by atoms with Crippen LogP contribution in [-0.4, -0.2) is 33.4 Å². The van der Waals surface area contributed by atoms with Crippen LogP contribution in [0.4, 0.5) is 0 Å². The number of ether oxygens (including phenoxy) is 2. The van der Waals surface area contributed by atoms with Gasteiger partial charge in [0.05, 0.1) is 6.10 Å². The summed E-state index contributed by atoms with van der Waals surface area (Å²) in [5.41, 5.74) is 2.97. The lowest BCUT2D eigenvalue weighted by Crippen LogP contribution is -2.34. The third kappa shape index (κ3) is 4.09. The minimum Gasteiger partial charge on any atom is -0.385 e. The molecule has 22 heavy (non-hydrogen) atoms. The summed E-state index contributed by atoms with van der Waals surface area (Å²) in [5.74, 6) is 1.37. The molecule has 3 heteroatoms. The van der Waals surface area contributed by atoms with Gasteiger partial charge in [0.15, 0.2) is 0 Å². The largest absolute Gasteiger partial charge is 0.385 e. The lowest BCUT2D eigenvalue weighted by atomic mass is 9.86. The lowest BCUT2D eigenvalue weighted by molar-refractivity contribution is -0.00551. The zero-order valence-corrected chi connectivity index (χ0v) is 13.7. The fraction of sp³-hybridized carbons (Fsp3) is 0.684. The molecule has 0 spiro atoms. The zero-order chi connectivity index (χ0) is 15.2. The Kier molecular flexibility index (Phi) is 5.88. The van der Waals surface area contributed by atoms with Gasteiger partial charge in [-0.3, -0.25) is 0 Å². The molecule has 1 aromatic carbocycles. The Labute approximate surface area is 134 Å². The van der Waals surface area contributed by atoms with E-state index in [0.29, 0.717) is 5.92 Å².